The Labute approximate surface area is 116 Å². The Balaban J connectivity index is 2.87. The van der Waals surface area contributed by atoms with Crippen molar-refractivity contribution in [1.29, 1.82) is 0 Å². The molecule has 0 aliphatic rings. The normalized spacial score (nSPS) is 13.1. The van der Waals surface area contributed by atoms with Gasteiger partial charge in [-0.1, -0.05) is 0 Å². The summed E-state index contributed by atoms with van der Waals surface area (Å²) in [6.07, 6.45) is 0. The van der Waals surface area contributed by atoms with Crippen LogP contribution in [0.1, 0.15) is 0 Å². The van der Waals surface area contributed by atoms with Crippen molar-refractivity contribution in [3.05, 3.63) is 30.3 Å². The van der Waals surface area contributed by atoms with Gasteiger partial charge < -0.3 is 0 Å². The van der Waals surface area contributed by atoms with Crippen molar-refractivity contribution in [3.8, 4) is 0 Å². The van der Waals surface area contributed by atoms with E-state index in [2.05, 4.69) is 63.5 Å². The van der Waals surface area contributed by atoms with Crippen LogP contribution in [0.4, 0.5) is 0 Å². The number of hydrogen-bond donors (Lipinski definition) is 0. The molecule has 2 nitrogen and oxygen atoms in total. The molecule has 0 fully saturated rings. The quantitative estimate of drug-likeness (QED) is 0.735. The van der Waals surface area contributed by atoms with Gasteiger partial charge in [-0.25, -0.2) is 0 Å². The van der Waals surface area contributed by atoms with Crippen LogP contribution in [0, 0.1) is 0 Å². The molecule has 0 saturated carbocycles. The van der Waals surface area contributed by atoms with E-state index in [-0.39, 0.29) is 0 Å². The molecule has 0 unspecified atom stereocenters. The summed E-state index contributed by atoms with van der Waals surface area (Å²) in [5.41, 5.74) is 0. The first-order valence-corrected chi connectivity index (χ1v) is 16.1. The van der Waals surface area contributed by atoms with E-state index in [1.54, 1.807) is 0 Å². The Morgan fingerprint density at radius 2 is 1.18 bits per heavy atom. The first-order chi connectivity index (χ1) is 7.67. The molecule has 0 radical (unpaired) electrons. The summed E-state index contributed by atoms with van der Waals surface area (Å²) in [5, 5.41) is 0. The topological polar surface area (TPSA) is 18.5 Å². The molecule has 0 aliphatic carbocycles. The second kappa shape index (κ2) is 6.02. The average Bonchev–Trinajstić information content (AvgIpc) is 2.14. The van der Waals surface area contributed by atoms with E-state index in [4.69, 9.17) is 5.41 Å². The molecule has 0 atom stereocenters. The van der Waals surface area contributed by atoms with Crippen LogP contribution in [0.25, 0.3) is 0 Å². The van der Waals surface area contributed by atoms with Crippen LogP contribution < -0.4 is 3.51 Å². The van der Waals surface area contributed by atoms with Crippen LogP contribution >= 0.6 is 0 Å². The van der Waals surface area contributed by atoms with Gasteiger partial charge in [0.15, 0.2) is 0 Å². The fourth-order valence-electron chi connectivity index (χ4n) is 1.17. The molecule has 0 N–H and O–H groups in total. The number of benzene rings is 1. The molecule has 0 aromatic heterocycles. The molecule has 1 aromatic carbocycles. The van der Waals surface area contributed by atoms with Gasteiger partial charge in [-0.3, -0.25) is 0 Å². The third-order valence-corrected chi connectivity index (χ3v) is 17.4. The molecule has 0 heterocycles. The van der Waals surface area contributed by atoms with Gasteiger partial charge in [-0.05, 0) is 0 Å². The van der Waals surface area contributed by atoms with Crippen molar-refractivity contribution in [2.24, 2.45) is 0 Å². The summed E-state index contributed by atoms with van der Waals surface area (Å²) in [7, 11) is -3.05. The van der Waals surface area contributed by atoms with Crippen LogP contribution in [-0.2, 0) is 5.41 Å². The molecule has 0 bridgehead atoms. The van der Waals surface area contributed by atoms with Gasteiger partial charge in [-0.15, -0.1) is 0 Å². The predicted molar refractivity (Wildman–Crippen MR) is 80.7 cm³/mol. The standard InChI is InChI=1S/C6H5.2C3H9OSi.Sb/c1-2-4-6-5-3-1;2*1-5(2,3)4;/h1-5H;2*1-3H3;/q;2*-1;+2. The number of hydrogen-bond acceptors (Lipinski definition) is 2. The van der Waals surface area contributed by atoms with Crippen molar-refractivity contribution >= 4 is 41.2 Å². The van der Waals surface area contributed by atoms with Crippen molar-refractivity contribution in [3.63, 3.8) is 0 Å². The molecule has 0 aliphatic heterocycles. The van der Waals surface area contributed by atoms with Crippen LogP contribution in [0.3, 0.4) is 0 Å². The Morgan fingerprint density at radius 3 is 1.53 bits per heavy atom. The van der Waals surface area contributed by atoms with Crippen molar-refractivity contribution in [2.45, 2.75) is 39.3 Å². The molecule has 96 valence electrons. The average molecular weight is 377 g/mol. The monoisotopic (exact) mass is 376 g/mol. The second-order valence-corrected chi connectivity index (χ2v) is 20.9. The third kappa shape index (κ3) is 6.77. The van der Waals surface area contributed by atoms with E-state index in [9.17, 15) is 0 Å². The van der Waals surface area contributed by atoms with Crippen molar-refractivity contribution in [1.82, 2.24) is 0 Å². The first kappa shape index (κ1) is 15.4. The van der Waals surface area contributed by atoms with Gasteiger partial charge in [0, 0.05) is 0 Å². The predicted octanol–water partition coefficient (Wildman–Crippen LogP) is 3.08. The van der Waals surface area contributed by atoms with Crippen LogP contribution in [0.15, 0.2) is 30.3 Å². The zero-order valence-electron chi connectivity index (χ0n) is 11.7. The fourth-order valence-corrected chi connectivity index (χ4v) is 15.0. The maximum atomic E-state index is 6.33. The third-order valence-electron chi connectivity index (χ3n) is 1.68. The van der Waals surface area contributed by atoms with Crippen LogP contribution in [0.2, 0.25) is 39.3 Å². The molecule has 0 amide bonds. The summed E-state index contributed by atoms with van der Waals surface area (Å²) in [4.78, 5) is 0. The van der Waals surface area contributed by atoms with Gasteiger partial charge in [0.25, 0.3) is 0 Å². The summed E-state index contributed by atoms with van der Waals surface area (Å²) >= 11 is -2.20. The van der Waals surface area contributed by atoms with E-state index in [0.29, 0.717) is 0 Å². The van der Waals surface area contributed by atoms with Gasteiger partial charge in [-0.2, -0.15) is 0 Å². The zero-order chi connectivity index (χ0) is 13.1. The van der Waals surface area contributed by atoms with Gasteiger partial charge in [0.05, 0.1) is 0 Å². The Kier molecular flexibility index (Phi) is 5.47. The first-order valence-electron chi connectivity index (χ1n) is 5.91. The van der Waals surface area contributed by atoms with E-state index in [1.165, 1.54) is 3.51 Å². The summed E-state index contributed by atoms with van der Waals surface area (Å²) in [6.45, 7) is 13.4. The Bertz CT molecular complexity index is 328. The maximum absolute atomic E-state index is 6.33. The summed E-state index contributed by atoms with van der Waals surface area (Å²) in [6, 6.07) is 10.5. The van der Waals surface area contributed by atoms with E-state index < -0.39 is 37.7 Å². The second-order valence-electron chi connectivity index (χ2n) is 6.00. The minimum atomic E-state index is -2.20. The van der Waals surface area contributed by atoms with E-state index >= 15 is 0 Å². The van der Waals surface area contributed by atoms with Gasteiger partial charge in [0.1, 0.15) is 0 Å². The molecule has 17 heavy (non-hydrogen) atoms. The number of rotatable bonds is 5. The Morgan fingerprint density at radius 1 is 0.765 bits per heavy atom. The Hall–Kier alpha value is 0.392. The van der Waals surface area contributed by atoms with Gasteiger partial charge in [0.2, 0.25) is 0 Å². The van der Waals surface area contributed by atoms with Gasteiger partial charge >= 0.3 is 116 Å². The van der Waals surface area contributed by atoms with Crippen molar-refractivity contribution < 1.29 is 5.41 Å². The van der Waals surface area contributed by atoms with Crippen LogP contribution in [0.5, 0.6) is 0 Å². The van der Waals surface area contributed by atoms with Crippen molar-refractivity contribution in [2.75, 3.05) is 0 Å². The van der Waals surface area contributed by atoms with E-state index in [0.717, 1.165) is 0 Å². The molecule has 0 saturated heterocycles. The molecular weight excluding hydrogens is 354 g/mol. The zero-order valence-corrected chi connectivity index (χ0v) is 16.2. The molecule has 5 heteroatoms. The SMILES string of the molecule is C[Si](C)(C)[O][Sb]([O][Si](C)(C)C)[c]1ccccc1. The summed E-state index contributed by atoms with van der Waals surface area (Å²) in [5.74, 6) is 0. The fraction of sp³-hybridized carbons (Fsp3) is 0.500. The minimum absolute atomic E-state index is 1.31. The molecular formula is C12H23O2SbSi2. The summed E-state index contributed by atoms with van der Waals surface area (Å²) < 4.78 is 14.0. The van der Waals surface area contributed by atoms with Crippen LogP contribution in [-0.4, -0.2) is 37.7 Å². The molecule has 1 aromatic rings. The molecule has 0 spiro atoms. The molecule has 1 rings (SSSR count). The van der Waals surface area contributed by atoms with E-state index in [1.807, 2.05) is 6.07 Å².